The Morgan fingerprint density at radius 3 is 2.68 bits per heavy atom. The van der Waals surface area contributed by atoms with Crippen molar-refractivity contribution < 1.29 is 9.90 Å². The molecule has 0 spiro atoms. The molecule has 8 heteroatoms. The number of carbonyl (C=O) groups is 1. The molecular formula is C11H12N4O2S2. The lowest BCUT2D eigenvalue weighted by Gasteiger charge is -2.07. The van der Waals surface area contributed by atoms with Crippen LogP contribution < -0.4 is 0 Å². The minimum absolute atomic E-state index is 0.0107. The van der Waals surface area contributed by atoms with E-state index < -0.39 is 5.97 Å². The number of rotatable bonds is 4. The van der Waals surface area contributed by atoms with E-state index in [1.807, 2.05) is 20.8 Å². The van der Waals surface area contributed by atoms with E-state index in [1.54, 1.807) is 0 Å². The van der Waals surface area contributed by atoms with Crippen molar-refractivity contribution in [1.29, 1.82) is 0 Å². The maximum absolute atomic E-state index is 11.3. The molecule has 2 heterocycles. The summed E-state index contributed by atoms with van der Waals surface area (Å²) in [7, 11) is 0. The second kappa shape index (κ2) is 5.62. The topological polar surface area (TPSA) is 88.9 Å². The Morgan fingerprint density at radius 1 is 1.42 bits per heavy atom. The van der Waals surface area contributed by atoms with Crippen LogP contribution in [0.15, 0.2) is 15.4 Å². The summed E-state index contributed by atoms with van der Waals surface area (Å²) in [6.45, 7) is 5.68. The molecule has 0 aliphatic rings. The normalized spacial score (nSPS) is 10.9. The Bertz CT molecular complexity index is 612. The highest BCUT2D eigenvalue weighted by Gasteiger charge is 2.17. The summed E-state index contributed by atoms with van der Waals surface area (Å²) < 4.78 is 0.681. The molecule has 2 rings (SSSR count). The summed E-state index contributed by atoms with van der Waals surface area (Å²) in [5.74, 6) is -0.454. The Balaban J connectivity index is 2.36. The van der Waals surface area contributed by atoms with Gasteiger partial charge in [0, 0.05) is 12.1 Å². The summed E-state index contributed by atoms with van der Waals surface area (Å²) in [6, 6.07) is 0. The first-order chi connectivity index (χ1) is 8.97. The molecule has 0 aliphatic heterocycles. The first kappa shape index (κ1) is 13.9. The SMILES string of the molecule is Cc1nnc(Sc2cnc(C(C)C)nc2C(=O)O)s1. The van der Waals surface area contributed by atoms with Crippen molar-refractivity contribution in [1.82, 2.24) is 20.2 Å². The van der Waals surface area contributed by atoms with Gasteiger partial charge in [-0.1, -0.05) is 36.9 Å². The number of hydrogen-bond donors (Lipinski definition) is 1. The van der Waals surface area contributed by atoms with E-state index in [2.05, 4.69) is 20.2 Å². The van der Waals surface area contributed by atoms with E-state index in [9.17, 15) is 9.90 Å². The summed E-state index contributed by atoms with van der Waals surface area (Å²) in [6.07, 6.45) is 1.53. The number of aromatic nitrogens is 4. The molecule has 2 aromatic rings. The van der Waals surface area contributed by atoms with Crippen LogP contribution in [0.4, 0.5) is 0 Å². The maximum Gasteiger partial charge on any atom is 0.355 e. The largest absolute Gasteiger partial charge is 0.476 e. The average Bonchev–Trinajstić information content (AvgIpc) is 2.74. The van der Waals surface area contributed by atoms with Crippen LogP contribution in [0, 0.1) is 6.92 Å². The van der Waals surface area contributed by atoms with Crippen molar-refractivity contribution in [3.63, 3.8) is 0 Å². The van der Waals surface area contributed by atoms with Crippen molar-refractivity contribution in [2.75, 3.05) is 0 Å². The minimum Gasteiger partial charge on any atom is -0.476 e. The van der Waals surface area contributed by atoms with E-state index in [0.717, 1.165) is 5.01 Å². The van der Waals surface area contributed by atoms with Gasteiger partial charge < -0.3 is 5.11 Å². The second-order valence-electron chi connectivity index (χ2n) is 4.09. The Kier molecular flexibility index (Phi) is 4.11. The number of aryl methyl sites for hydroxylation is 1. The van der Waals surface area contributed by atoms with E-state index in [0.29, 0.717) is 15.1 Å². The third kappa shape index (κ3) is 3.27. The number of carboxylic acids is 1. The van der Waals surface area contributed by atoms with Gasteiger partial charge in [-0.3, -0.25) is 0 Å². The van der Waals surface area contributed by atoms with Crippen molar-refractivity contribution in [3.05, 3.63) is 22.7 Å². The lowest BCUT2D eigenvalue weighted by atomic mass is 10.2. The molecule has 0 atom stereocenters. The smallest absolute Gasteiger partial charge is 0.355 e. The molecule has 0 saturated heterocycles. The highest BCUT2D eigenvalue weighted by atomic mass is 32.2. The Hall–Kier alpha value is -1.54. The van der Waals surface area contributed by atoms with Gasteiger partial charge in [-0.15, -0.1) is 10.2 Å². The van der Waals surface area contributed by atoms with E-state index in [1.165, 1.54) is 29.3 Å². The van der Waals surface area contributed by atoms with Crippen molar-refractivity contribution >= 4 is 29.1 Å². The third-order valence-corrected chi connectivity index (χ3v) is 4.11. The molecule has 19 heavy (non-hydrogen) atoms. The number of hydrogen-bond acceptors (Lipinski definition) is 7. The molecule has 100 valence electrons. The molecule has 0 aromatic carbocycles. The minimum atomic E-state index is -1.06. The van der Waals surface area contributed by atoms with Crippen LogP contribution in [0.1, 0.15) is 41.1 Å². The maximum atomic E-state index is 11.3. The highest BCUT2D eigenvalue weighted by Crippen LogP contribution is 2.31. The first-order valence-electron chi connectivity index (χ1n) is 5.55. The number of carboxylic acid groups (broad SMARTS) is 1. The summed E-state index contributed by atoms with van der Waals surface area (Å²) in [5.41, 5.74) is 0.0107. The zero-order chi connectivity index (χ0) is 14.0. The predicted octanol–water partition coefficient (Wildman–Crippen LogP) is 2.61. The van der Waals surface area contributed by atoms with Crippen molar-refractivity contribution in [3.8, 4) is 0 Å². The van der Waals surface area contributed by atoms with Crippen molar-refractivity contribution in [2.45, 2.75) is 35.9 Å². The fourth-order valence-electron chi connectivity index (χ4n) is 1.30. The zero-order valence-corrected chi connectivity index (χ0v) is 12.2. The molecule has 0 amide bonds. The molecule has 6 nitrogen and oxygen atoms in total. The summed E-state index contributed by atoms with van der Waals surface area (Å²) >= 11 is 2.63. The number of aromatic carboxylic acids is 1. The van der Waals surface area contributed by atoms with E-state index in [4.69, 9.17) is 0 Å². The van der Waals surface area contributed by atoms with Gasteiger partial charge in [0.1, 0.15) is 10.8 Å². The molecule has 2 aromatic heterocycles. The molecular weight excluding hydrogens is 284 g/mol. The van der Waals surface area contributed by atoms with Crippen LogP contribution in [-0.2, 0) is 0 Å². The van der Waals surface area contributed by atoms with Crippen molar-refractivity contribution in [2.24, 2.45) is 0 Å². The standard InChI is InChI=1S/C11H12N4O2S2/c1-5(2)9-12-4-7(8(13-9)10(16)17)19-11-15-14-6(3)18-11/h4-5H,1-3H3,(H,16,17). The fourth-order valence-corrected chi connectivity index (χ4v) is 3.12. The van der Waals surface area contributed by atoms with E-state index >= 15 is 0 Å². The average molecular weight is 296 g/mol. The van der Waals surface area contributed by atoms with Crippen LogP contribution in [0.5, 0.6) is 0 Å². The fraction of sp³-hybridized carbons (Fsp3) is 0.364. The summed E-state index contributed by atoms with van der Waals surface area (Å²) in [4.78, 5) is 20.0. The molecule has 0 radical (unpaired) electrons. The van der Waals surface area contributed by atoms with Gasteiger partial charge in [-0.05, 0) is 6.92 Å². The van der Waals surface area contributed by atoms with Gasteiger partial charge in [-0.2, -0.15) is 0 Å². The lowest BCUT2D eigenvalue weighted by Crippen LogP contribution is -2.08. The van der Waals surface area contributed by atoms with E-state index in [-0.39, 0.29) is 11.6 Å². The van der Waals surface area contributed by atoms with Gasteiger partial charge in [0.25, 0.3) is 0 Å². The second-order valence-corrected chi connectivity index (χ2v) is 6.56. The molecule has 0 unspecified atom stereocenters. The van der Waals surface area contributed by atoms with Gasteiger partial charge >= 0.3 is 5.97 Å². The molecule has 1 N–H and O–H groups in total. The Morgan fingerprint density at radius 2 is 2.16 bits per heavy atom. The van der Waals surface area contributed by atoms with Gasteiger partial charge in [-0.25, -0.2) is 14.8 Å². The van der Waals surface area contributed by atoms with Gasteiger partial charge in [0.05, 0.1) is 4.90 Å². The van der Waals surface area contributed by atoms with Crippen LogP contribution in [0.3, 0.4) is 0 Å². The van der Waals surface area contributed by atoms with Crippen LogP contribution >= 0.6 is 23.1 Å². The molecule has 0 fully saturated rings. The van der Waals surface area contributed by atoms with Crippen LogP contribution in [0.25, 0.3) is 0 Å². The molecule has 0 saturated carbocycles. The Labute approximate surface area is 118 Å². The monoisotopic (exact) mass is 296 g/mol. The quantitative estimate of drug-likeness (QED) is 0.927. The summed E-state index contributed by atoms with van der Waals surface area (Å²) in [5, 5.41) is 17.9. The predicted molar refractivity (Wildman–Crippen MR) is 71.8 cm³/mol. The third-order valence-electron chi connectivity index (χ3n) is 2.20. The zero-order valence-electron chi connectivity index (χ0n) is 10.6. The highest BCUT2D eigenvalue weighted by molar-refractivity contribution is 8.01. The van der Waals surface area contributed by atoms with Gasteiger partial charge in [0.2, 0.25) is 0 Å². The lowest BCUT2D eigenvalue weighted by molar-refractivity contribution is 0.0685. The molecule has 0 aliphatic carbocycles. The van der Waals surface area contributed by atoms with Crippen LogP contribution in [0.2, 0.25) is 0 Å². The molecule has 0 bridgehead atoms. The van der Waals surface area contributed by atoms with Gasteiger partial charge in [0.15, 0.2) is 10.0 Å². The number of nitrogens with zero attached hydrogens (tertiary/aromatic N) is 4. The van der Waals surface area contributed by atoms with Crippen LogP contribution in [-0.4, -0.2) is 31.2 Å². The first-order valence-corrected chi connectivity index (χ1v) is 7.19.